The maximum atomic E-state index is 12.9. The van der Waals surface area contributed by atoms with Crippen LogP contribution in [0.25, 0.3) is 0 Å². The lowest BCUT2D eigenvalue weighted by Gasteiger charge is -2.37. The van der Waals surface area contributed by atoms with Crippen LogP contribution in [0.2, 0.25) is 0 Å². The van der Waals surface area contributed by atoms with Crippen molar-refractivity contribution in [2.45, 2.75) is 24.8 Å². The standard InChI is InChI=1S/C17H17BrFNO/c1-21-17-10-14(6-7-16(17)18)20-15-8-12(9-15)11-2-4-13(19)5-3-11/h2-7,10,12,15,20H,8-9H2,1H3. The Morgan fingerprint density at radius 3 is 2.52 bits per heavy atom. The number of nitrogens with one attached hydrogen (secondary N) is 1. The van der Waals surface area contributed by atoms with E-state index in [1.54, 1.807) is 7.11 Å². The SMILES string of the molecule is COc1cc(NC2CC(c3ccc(F)cc3)C2)ccc1Br. The van der Waals surface area contributed by atoms with Gasteiger partial charge in [-0.3, -0.25) is 0 Å². The Balaban J connectivity index is 1.58. The van der Waals surface area contributed by atoms with Crippen LogP contribution in [0, 0.1) is 5.82 Å². The van der Waals surface area contributed by atoms with Gasteiger partial charge in [-0.2, -0.15) is 0 Å². The number of ether oxygens (including phenoxy) is 1. The van der Waals surface area contributed by atoms with Gasteiger partial charge in [-0.15, -0.1) is 0 Å². The molecule has 110 valence electrons. The molecule has 0 atom stereocenters. The van der Waals surface area contributed by atoms with Gasteiger partial charge in [0, 0.05) is 17.8 Å². The average molecular weight is 350 g/mol. The fraction of sp³-hybridized carbons (Fsp3) is 0.294. The van der Waals surface area contributed by atoms with Crippen molar-refractivity contribution in [3.63, 3.8) is 0 Å². The minimum atomic E-state index is -0.172. The second-order valence-electron chi connectivity index (χ2n) is 5.41. The molecule has 1 aliphatic rings. The number of hydrogen-bond donors (Lipinski definition) is 1. The van der Waals surface area contributed by atoms with Crippen LogP contribution in [-0.2, 0) is 0 Å². The monoisotopic (exact) mass is 349 g/mol. The quantitative estimate of drug-likeness (QED) is 0.842. The van der Waals surface area contributed by atoms with E-state index in [4.69, 9.17) is 4.74 Å². The molecule has 0 saturated heterocycles. The maximum absolute atomic E-state index is 12.9. The summed E-state index contributed by atoms with van der Waals surface area (Å²) in [7, 11) is 1.66. The molecule has 1 fully saturated rings. The van der Waals surface area contributed by atoms with Crippen LogP contribution in [-0.4, -0.2) is 13.2 Å². The molecule has 0 aromatic heterocycles. The molecule has 2 aromatic carbocycles. The zero-order chi connectivity index (χ0) is 14.8. The van der Waals surface area contributed by atoms with Crippen molar-refractivity contribution in [1.29, 1.82) is 0 Å². The molecule has 0 amide bonds. The summed E-state index contributed by atoms with van der Waals surface area (Å²) in [5, 5.41) is 3.52. The first kappa shape index (κ1) is 14.4. The Hall–Kier alpha value is -1.55. The zero-order valence-electron chi connectivity index (χ0n) is 11.8. The van der Waals surface area contributed by atoms with E-state index in [0.717, 1.165) is 28.8 Å². The summed E-state index contributed by atoms with van der Waals surface area (Å²) < 4.78 is 19.2. The van der Waals surface area contributed by atoms with Gasteiger partial charge in [0.2, 0.25) is 0 Å². The Bertz CT molecular complexity index is 623. The molecule has 0 aliphatic heterocycles. The summed E-state index contributed by atoms with van der Waals surface area (Å²) in [6, 6.07) is 13.3. The van der Waals surface area contributed by atoms with Crippen LogP contribution >= 0.6 is 15.9 Å². The Morgan fingerprint density at radius 1 is 1.14 bits per heavy atom. The second kappa shape index (κ2) is 6.06. The van der Waals surface area contributed by atoms with E-state index in [1.807, 2.05) is 30.3 Å². The van der Waals surface area contributed by atoms with E-state index < -0.39 is 0 Å². The first-order chi connectivity index (χ1) is 10.2. The highest BCUT2D eigenvalue weighted by Gasteiger charge is 2.30. The Morgan fingerprint density at radius 2 is 1.86 bits per heavy atom. The summed E-state index contributed by atoms with van der Waals surface area (Å²) in [6.07, 6.45) is 2.15. The predicted molar refractivity (Wildman–Crippen MR) is 86.5 cm³/mol. The minimum absolute atomic E-state index is 0.172. The van der Waals surface area contributed by atoms with Gasteiger partial charge in [-0.05, 0) is 64.5 Å². The number of methoxy groups -OCH3 is 1. The lowest BCUT2D eigenvalue weighted by atomic mass is 9.76. The molecule has 21 heavy (non-hydrogen) atoms. The third kappa shape index (κ3) is 3.21. The Labute approximate surface area is 132 Å². The molecule has 1 saturated carbocycles. The van der Waals surface area contributed by atoms with Gasteiger partial charge in [-0.1, -0.05) is 12.1 Å². The van der Waals surface area contributed by atoms with E-state index in [1.165, 1.54) is 17.7 Å². The van der Waals surface area contributed by atoms with Gasteiger partial charge in [0.25, 0.3) is 0 Å². The summed E-state index contributed by atoms with van der Waals surface area (Å²) in [5.41, 5.74) is 2.29. The molecular formula is C17H17BrFNO. The number of rotatable bonds is 4. The molecular weight excluding hydrogens is 333 g/mol. The van der Waals surface area contributed by atoms with Crippen molar-refractivity contribution >= 4 is 21.6 Å². The Kier molecular flexibility index (Phi) is 4.15. The van der Waals surface area contributed by atoms with E-state index in [0.29, 0.717) is 12.0 Å². The molecule has 0 bridgehead atoms. The molecule has 0 unspecified atom stereocenters. The number of hydrogen-bond acceptors (Lipinski definition) is 2. The lowest BCUT2D eigenvalue weighted by molar-refractivity contribution is 0.373. The number of halogens is 2. The van der Waals surface area contributed by atoms with Crippen LogP contribution in [0.3, 0.4) is 0 Å². The topological polar surface area (TPSA) is 21.3 Å². The molecule has 0 spiro atoms. The van der Waals surface area contributed by atoms with Crippen molar-refractivity contribution in [1.82, 2.24) is 0 Å². The van der Waals surface area contributed by atoms with Gasteiger partial charge in [-0.25, -0.2) is 4.39 Å². The molecule has 0 radical (unpaired) electrons. The number of benzene rings is 2. The average Bonchev–Trinajstić information content (AvgIpc) is 2.45. The van der Waals surface area contributed by atoms with Crippen LogP contribution in [0.15, 0.2) is 46.9 Å². The fourth-order valence-corrected chi connectivity index (χ4v) is 3.14. The van der Waals surface area contributed by atoms with E-state index in [-0.39, 0.29) is 5.82 Å². The zero-order valence-corrected chi connectivity index (χ0v) is 13.4. The summed E-state index contributed by atoms with van der Waals surface area (Å²) >= 11 is 3.45. The molecule has 1 aliphatic carbocycles. The lowest BCUT2D eigenvalue weighted by Crippen LogP contribution is -2.33. The van der Waals surface area contributed by atoms with Crippen molar-refractivity contribution in [3.05, 3.63) is 58.3 Å². The first-order valence-corrected chi connectivity index (χ1v) is 7.80. The van der Waals surface area contributed by atoms with Crippen LogP contribution < -0.4 is 10.1 Å². The first-order valence-electron chi connectivity index (χ1n) is 7.01. The van der Waals surface area contributed by atoms with Gasteiger partial charge < -0.3 is 10.1 Å². The van der Waals surface area contributed by atoms with E-state index in [2.05, 4.69) is 21.2 Å². The van der Waals surface area contributed by atoms with Crippen LogP contribution in [0.5, 0.6) is 5.75 Å². The van der Waals surface area contributed by atoms with Crippen molar-refractivity contribution in [2.24, 2.45) is 0 Å². The fourth-order valence-electron chi connectivity index (χ4n) is 2.73. The summed E-state index contributed by atoms with van der Waals surface area (Å²) in [6.45, 7) is 0. The van der Waals surface area contributed by atoms with E-state index >= 15 is 0 Å². The molecule has 1 N–H and O–H groups in total. The van der Waals surface area contributed by atoms with E-state index in [9.17, 15) is 4.39 Å². The predicted octanol–water partition coefficient (Wildman–Crippen LogP) is 4.95. The molecule has 4 heteroatoms. The minimum Gasteiger partial charge on any atom is -0.495 e. The van der Waals surface area contributed by atoms with Gasteiger partial charge >= 0.3 is 0 Å². The van der Waals surface area contributed by atoms with Crippen LogP contribution in [0.4, 0.5) is 10.1 Å². The highest BCUT2D eigenvalue weighted by molar-refractivity contribution is 9.10. The summed E-state index contributed by atoms with van der Waals surface area (Å²) in [5.74, 6) is 1.18. The maximum Gasteiger partial charge on any atom is 0.135 e. The number of anilines is 1. The third-order valence-electron chi connectivity index (χ3n) is 4.00. The van der Waals surface area contributed by atoms with Crippen molar-refractivity contribution < 1.29 is 9.13 Å². The van der Waals surface area contributed by atoms with Crippen molar-refractivity contribution in [2.75, 3.05) is 12.4 Å². The largest absolute Gasteiger partial charge is 0.495 e. The highest BCUT2D eigenvalue weighted by atomic mass is 79.9. The van der Waals surface area contributed by atoms with Gasteiger partial charge in [0.05, 0.1) is 11.6 Å². The third-order valence-corrected chi connectivity index (χ3v) is 4.66. The second-order valence-corrected chi connectivity index (χ2v) is 6.26. The normalized spacial score (nSPS) is 20.7. The molecule has 2 aromatic rings. The summed E-state index contributed by atoms with van der Waals surface area (Å²) in [4.78, 5) is 0. The smallest absolute Gasteiger partial charge is 0.135 e. The molecule has 2 nitrogen and oxygen atoms in total. The molecule has 3 rings (SSSR count). The van der Waals surface area contributed by atoms with Crippen LogP contribution in [0.1, 0.15) is 24.3 Å². The van der Waals surface area contributed by atoms with Gasteiger partial charge in [0.1, 0.15) is 11.6 Å². The highest BCUT2D eigenvalue weighted by Crippen LogP contribution is 2.39. The molecule has 0 heterocycles. The van der Waals surface area contributed by atoms with Gasteiger partial charge in [0.15, 0.2) is 0 Å². The van der Waals surface area contributed by atoms with Crippen molar-refractivity contribution in [3.8, 4) is 5.75 Å².